The smallest absolute Gasteiger partial charge is 0.378 e. The van der Waals surface area contributed by atoms with Gasteiger partial charge in [0.2, 0.25) is 0 Å². The lowest BCUT2D eigenvalue weighted by atomic mass is 10.0. The summed E-state index contributed by atoms with van der Waals surface area (Å²) in [4.78, 5) is 21.5. The first-order valence-electron chi connectivity index (χ1n) is 17.8. The molecule has 0 saturated carbocycles. The molecule has 5 aromatic rings. The van der Waals surface area contributed by atoms with E-state index in [9.17, 15) is 31.1 Å². The van der Waals surface area contributed by atoms with Crippen LogP contribution in [0.2, 0.25) is 0 Å². The average molecular weight is 783 g/mol. The number of hydrogen-bond acceptors (Lipinski definition) is 7. The van der Waals surface area contributed by atoms with Crippen LogP contribution in [0.25, 0.3) is 33.9 Å². The third-order valence-corrected chi connectivity index (χ3v) is 8.85. The molecule has 298 valence electrons. The molecule has 0 radical (unpaired) electrons. The highest BCUT2D eigenvalue weighted by molar-refractivity contribution is 5.94. The van der Waals surface area contributed by atoms with Crippen LogP contribution in [0.1, 0.15) is 27.0 Å². The minimum atomic E-state index is -5.06. The summed E-state index contributed by atoms with van der Waals surface area (Å²) in [7, 11) is 7.50. The molecule has 0 bridgehead atoms. The Morgan fingerprint density at radius 1 is 0.696 bits per heavy atom. The van der Waals surface area contributed by atoms with Gasteiger partial charge in [0.1, 0.15) is 5.82 Å². The second-order valence-electron chi connectivity index (χ2n) is 13.4. The SMILES string of the molecule is CN(C)c1ccc(-c2nc(-c3cc(C(F)(F)F)cc(C(F)(F)F)c3)n(Cc3ccc(C(=O)NCCOCCOCCN)cc3)c2-c2ccc(N(C)C)cc2)cc1. The highest BCUT2D eigenvalue weighted by Crippen LogP contribution is 2.42. The molecule has 56 heavy (non-hydrogen) atoms. The van der Waals surface area contributed by atoms with Crippen molar-refractivity contribution >= 4 is 17.3 Å². The van der Waals surface area contributed by atoms with E-state index in [0.717, 1.165) is 11.4 Å². The molecule has 0 aliphatic carbocycles. The first kappa shape index (κ1) is 41.8. The lowest BCUT2D eigenvalue weighted by molar-refractivity contribution is -0.143. The molecule has 0 saturated heterocycles. The maximum atomic E-state index is 14.1. The number of rotatable bonds is 16. The van der Waals surface area contributed by atoms with Crippen LogP contribution >= 0.6 is 0 Å². The van der Waals surface area contributed by atoms with Gasteiger partial charge in [0.05, 0.1) is 48.9 Å². The Balaban J connectivity index is 1.61. The van der Waals surface area contributed by atoms with Crippen molar-refractivity contribution < 1.29 is 40.6 Å². The minimum absolute atomic E-state index is 0.0115. The van der Waals surface area contributed by atoms with Crippen molar-refractivity contribution in [1.82, 2.24) is 14.9 Å². The molecule has 9 nitrogen and oxygen atoms in total. The Bertz CT molecular complexity index is 2030. The van der Waals surface area contributed by atoms with Crippen LogP contribution in [0.5, 0.6) is 0 Å². The highest BCUT2D eigenvalue weighted by atomic mass is 19.4. The highest BCUT2D eigenvalue weighted by Gasteiger charge is 2.38. The fourth-order valence-corrected chi connectivity index (χ4v) is 5.93. The van der Waals surface area contributed by atoms with Gasteiger partial charge in [-0.25, -0.2) is 4.98 Å². The standard InChI is InChI=1S/C41H44F6N6O3/c1-51(2)34-13-9-28(10-14-34)36-37(29-11-15-35(16-12-29)52(3)4)53(38(50-36)31-23-32(40(42,43)44)25-33(24-31)41(45,46)47)26-27-5-7-30(8-6-27)39(54)49-18-20-56-22-21-55-19-17-48/h5-16,23-25H,17-22,26,48H2,1-4H3,(H,49,54). The number of anilines is 2. The van der Waals surface area contributed by atoms with Crippen molar-refractivity contribution in [1.29, 1.82) is 0 Å². The van der Waals surface area contributed by atoms with Crippen molar-refractivity contribution in [3.8, 4) is 33.9 Å². The predicted octanol–water partition coefficient (Wildman–Crippen LogP) is 7.82. The van der Waals surface area contributed by atoms with Gasteiger partial charge in [0, 0.05) is 81.5 Å². The zero-order chi connectivity index (χ0) is 40.6. The maximum absolute atomic E-state index is 14.1. The van der Waals surface area contributed by atoms with Crippen LogP contribution < -0.4 is 20.9 Å². The number of imidazole rings is 1. The van der Waals surface area contributed by atoms with E-state index < -0.39 is 23.5 Å². The summed E-state index contributed by atoms with van der Waals surface area (Å²) >= 11 is 0. The molecule has 5 rings (SSSR count). The van der Waals surface area contributed by atoms with E-state index in [4.69, 9.17) is 20.2 Å². The normalized spacial score (nSPS) is 11.8. The number of nitrogens with one attached hydrogen (secondary N) is 1. The second kappa shape index (κ2) is 18.0. The molecule has 1 aromatic heterocycles. The van der Waals surface area contributed by atoms with E-state index in [-0.39, 0.29) is 43.1 Å². The molecule has 0 aliphatic rings. The number of carbonyl (C=O) groups excluding carboxylic acids is 1. The number of ether oxygens (including phenoxy) is 2. The largest absolute Gasteiger partial charge is 0.416 e. The van der Waals surface area contributed by atoms with Gasteiger partial charge in [-0.15, -0.1) is 0 Å². The van der Waals surface area contributed by atoms with Gasteiger partial charge in [-0.1, -0.05) is 36.4 Å². The second-order valence-corrected chi connectivity index (χ2v) is 13.4. The van der Waals surface area contributed by atoms with Gasteiger partial charge in [-0.2, -0.15) is 26.3 Å². The number of aromatic nitrogens is 2. The van der Waals surface area contributed by atoms with Crippen molar-refractivity contribution in [2.24, 2.45) is 5.73 Å². The monoisotopic (exact) mass is 782 g/mol. The van der Waals surface area contributed by atoms with Gasteiger partial charge in [0.25, 0.3) is 5.91 Å². The van der Waals surface area contributed by atoms with Crippen LogP contribution in [0, 0.1) is 0 Å². The van der Waals surface area contributed by atoms with Gasteiger partial charge in [-0.05, 0) is 60.2 Å². The van der Waals surface area contributed by atoms with Gasteiger partial charge in [0.15, 0.2) is 0 Å². The van der Waals surface area contributed by atoms with E-state index in [0.29, 0.717) is 72.1 Å². The number of benzene rings is 4. The summed E-state index contributed by atoms with van der Waals surface area (Å²) in [6, 6.07) is 22.8. The molecule has 0 atom stereocenters. The van der Waals surface area contributed by atoms with Crippen molar-refractivity contribution in [2.75, 3.05) is 77.5 Å². The number of nitrogens with two attached hydrogens (primary N) is 1. The zero-order valence-electron chi connectivity index (χ0n) is 31.5. The van der Waals surface area contributed by atoms with Crippen LogP contribution in [0.3, 0.4) is 0 Å². The Morgan fingerprint density at radius 2 is 1.21 bits per heavy atom. The predicted molar refractivity (Wildman–Crippen MR) is 206 cm³/mol. The number of amides is 1. The number of halogens is 6. The van der Waals surface area contributed by atoms with Crippen LogP contribution in [-0.2, 0) is 28.4 Å². The van der Waals surface area contributed by atoms with Crippen molar-refractivity contribution in [2.45, 2.75) is 18.9 Å². The van der Waals surface area contributed by atoms with E-state index in [1.165, 1.54) is 0 Å². The number of alkyl halides is 6. The third kappa shape index (κ3) is 10.5. The number of hydrogen-bond donors (Lipinski definition) is 2. The summed E-state index contributed by atoms with van der Waals surface area (Å²) in [6.45, 7) is 2.09. The van der Waals surface area contributed by atoms with Crippen molar-refractivity contribution in [3.05, 3.63) is 113 Å². The Kier molecular flexibility index (Phi) is 13.5. The van der Waals surface area contributed by atoms with Crippen molar-refractivity contribution in [3.63, 3.8) is 0 Å². The fourth-order valence-electron chi connectivity index (χ4n) is 5.93. The van der Waals surface area contributed by atoms with E-state index >= 15 is 0 Å². The zero-order valence-corrected chi connectivity index (χ0v) is 31.5. The van der Waals surface area contributed by atoms with E-state index in [2.05, 4.69) is 5.32 Å². The molecule has 1 amide bonds. The number of nitrogens with zero attached hydrogens (tertiary/aromatic N) is 4. The van der Waals surface area contributed by atoms with E-state index in [1.807, 2.05) is 86.5 Å². The molecule has 15 heteroatoms. The first-order valence-corrected chi connectivity index (χ1v) is 17.8. The summed E-state index contributed by atoms with van der Waals surface area (Å²) < 4.78 is 97.2. The molecule has 3 N–H and O–H groups in total. The quantitative estimate of drug-likeness (QED) is 0.0779. The van der Waals surface area contributed by atoms with Crippen LogP contribution in [-0.4, -0.2) is 83.2 Å². The molecule has 4 aromatic carbocycles. The Hall–Kier alpha value is -5.38. The van der Waals surface area contributed by atoms with Gasteiger partial charge < -0.3 is 34.9 Å². The maximum Gasteiger partial charge on any atom is 0.416 e. The molecular formula is C41H44F6N6O3. The molecule has 0 unspecified atom stereocenters. The first-order chi connectivity index (χ1) is 26.6. The summed E-state index contributed by atoms with van der Waals surface area (Å²) in [5, 5.41) is 2.78. The van der Waals surface area contributed by atoms with Gasteiger partial charge >= 0.3 is 12.4 Å². The molecular weight excluding hydrogens is 738 g/mol. The number of carbonyl (C=O) groups is 1. The lowest BCUT2D eigenvalue weighted by Gasteiger charge is -2.18. The fraction of sp³-hybridized carbons (Fsp3) is 0.317. The summed E-state index contributed by atoms with van der Waals surface area (Å²) in [5.41, 5.74) is 6.90. The topological polar surface area (TPSA) is 97.9 Å². The third-order valence-electron chi connectivity index (χ3n) is 8.85. The minimum Gasteiger partial charge on any atom is -0.378 e. The Labute approximate surface area is 321 Å². The summed E-state index contributed by atoms with van der Waals surface area (Å²) in [6.07, 6.45) is -10.1. The van der Waals surface area contributed by atoms with E-state index in [1.54, 1.807) is 28.8 Å². The van der Waals surface area contributed by atoms with Gasteiger partial charge in [-0.3, -0.25) is 4.79 Å². The molecule has 1 heterocycles. The average Bonchev–Trinajstić information content (AvgIpc) is 3.54. The summed E-state index contributed by atoms with van der Waals surface area (Å²) in [5.74, 6) is -0.452. The molecule has 0 spiro atoms. The van der Waals surface area contributed by atoms with Crippen LogP contribution in [0.15, 0.2) is 91.0 Å². The lowest BCUT2D eigenvalue weighted by Crippen LogP contribution is -2.27. The molecule has 0 aliphatic heterocycles. The van der Waals surface area contributed by atoms with Crippen LogP contribution in [0.4, 0.5) is 37.7 Å². The molecule has 0 fully saturated rings. The Morgan fingerprint density at radius 3 is 1.71 bits per heavy atom.